The van der Waals surface area contributed by atoms with Gasteiger partial charge in [-0.25, -0.2) is 0 Å². The number of nitrogens with one attached hydrogen (secondary N) is 1. The average molecular weight is 347 g/mol. The number of ether oxygens (including phenoxy) is 2. The van der Waals surface area contributed by atoms with E-state index in [1.807, 2.05) is 0 Å². The van der Waals surface area contributed by atoms with E-state index in [4.69, 9.17) is 14.9 Å². The summed E-state index contributed by atoms with van der Waals surface area (Å²) in [5, 5.41) is 38.8. The molecule has 26 heavy (non-hydrogen) atoms. The van der Waals surface area contributed by atoms with Gasteiger partial charge in [0, 0.05) is 18.8 Å². The van der Waals surface area contributed by atoms with Gasteiger partial charge in [0.25, 0.3) is 0 Å². The summed E-state index contributed by atoms with van der Waals surface area (Å²) < 4.78 is 12.2. The third-order valence-electron chi connectivity index (χ3n) is 6.08. The van der Waals surface area contributed by atoms with E-state index in [0.29, 0.717) is 18.4 Å². The molecule has 7 heteroatoms. The predicted molar refractivity (Wildman–Crippen MR) is 87.9 cm³/mol. The van der Waals surface area contributed by atoms with E-state index in [-0.39, 0.29) is 5.90 Å². The standard InChI is InChI=1S/C19H17N5O2/c20-10-17(11-21)15(13-5-8-24-9-6-13)25-19-7-3-1-2-4-14(19)18(17,12-22)16(23)26-19/h5-6,8-9,14-15,23H,1-4,7H2/t14-,15+,18+,19-/m1/s1. The summed E-state index contributed by atoms with van der Waals surface area (Å²) in [4.78, 5) is 3.98. The van der Waals surface area contributed by atoms with Crippen molar-refractivity contribution in [3.05, 3.63) is 30.1 Å². The lowest BCUT2D eigenvalue weighted by molar-refractivity contribution is -0.284. The van der Waals surface area contributed by atoms with Crippen LogP contribution in [0, 0.1) is 56.2 Å². The smallest absolute Gasteiger partial charge is 0.217 e. The maximum Gasteiger partial charge on any atom is 0.217 e. The Balaban J connectivity index is 2.01. The first kappa shape index (κ1) is 16.5. The summed E-state index contributed by atoms with van der Waals surface area (Å²) in [6.07, 6.45) is 5.92. The zero-order valence-electron chi connectivity index (χ0n) is 14.1. The molecule has 0 radical (unpaired) electrons. The van der Waals surface area contributed by atoms with Crippen LogP contribution in [0.25, 0.3) is 0 Å². The average Bonchev–Trinajstić information content (AvgIpc) is 2.81. The molecule has 1 aromatic rings. The summed E-state index contributed by atoms with van der Waals surface area (Å²) in [7, 11) is 0. The van der Waals surface area contributed by atoms with Gasteiger partial charge < -0.3 is 9.47 Å². The van der Waals surface area contributed by atoms with Gasteiger partial charge in [-0.2, -0.15) is 15.8 Å². The summed E-state index contributed by atoms with van der Waals surface area (Å²) in [5.41, 5.74) is -2.93. The maximum atomic E-state index is 10.2. The zero-order chi connectivity index (χ0) is 18.4. The van der Waals surface area contributed by atoms with Crippen molar-refractivity contribution in [3.8, 4) is 18.2 Å². The Morgan fingerprint density at radius 1 is 1.08 bits per heavy atom. The van der Waals surface area contributed by atoms with Crippen molar-refractivity contribution in [1.29, 1.82) is 21.2 Å². The van der Waals surface area contributed by atoms with E-state index in [1.54, 1.807) is 24.5 Å². The molecule has 0 spiro atoms. The molecule has 2 aliphatic heterocycles. The van der Waals surface area contributed by atoms with Crippen LogP contribution in [0.15, 0.2) is 24.5 Å². The zero-order valence-corrected chi connectivity index (χ0v) is 14.1. The summed E-state index contributed by atoms with van der Waals surface area (Å²) in [6, 6.07) is 9.67. The maximum absolute atomic E-state index is 10.2. The fraction of sp³-hybridized carbons (Fsp3) is 0.526. The van der Waals surface area contributed by atoms with Crippen LogP contribution in [0.4, 0.5) is 0 Å². The van der Waals surface area contributed by atoms with Crippen molar-refractivity contribution < 1.29 is 9.47 Å². The van der Waals surface area contributed by atoms with Crippen molar-refractivity contribution in [2.45, 2.75) is 44.0 Å². The molecule has 1 saturated carbocycles. The minimum atomic E-state index is -1.87. The number of nitriles is 3. The summed E-state index contributed by atoms with van der Waals surface area (Å²) in [6.45, 7) is 0. The van der Waals surface area contributed by atoms with Gasteiger partial charge in [-0.15, -0.1) is 0 Å². The molecule has 1 N–H and O–H groups in total. The molecule has 4 rings (SSSR count). The highest BCUT2D eigenvalue weighted by molar-refractivity contribution is 5.89. The van der Waals surface area contributed by atoms with Gasteiger partial charge in [-0.3, -0.25) is 10.4 Å². The molecule has 7 nitrogen and oxygen atoms in total. The Labute approximate surface area is 151 Å². The molecular weight excluding hydrogens is 330 g/mol. The van der Waals surface area contributed by atoms with E-state index >= 15 is 0 Å². The first-order valence-electron chi connectivity index (χ1n) is 8.70. The van der Waals surface area contributed by atoms with Crippen LogP contribution in [0.2, 0.25) is 0 Å². The van der Waals surface area contributed by atoms with E-state index in [0.717, 1.165) is 19.3 Å². The first-order chi connectivity index (χ1) is 12.6. The quantitative estimate of drug-likeness (QED) is 0.832. The van der Waals surface area contributed by atoms with Crippen molar-refractivity contribution in [2.75, 3.05) is 0 Å². The minimum Gasteiger partial charge on any atom is -0.447 e. The van der Waals surface area contributed by atoms with Gasteiger partial charge in [0.2, 0.25) is 17.1 Å². The van der Waals surface area contributed by atoms with Crippen LogP contribution in [-0.2, 0) is 9.47 Å². The highest BCUT2D eigenvalue weighted by atomic mass is 16.7. The lowest BCUT2D eigenvalue weighted by atomic mass is 9.52. The Morgan fingerprint density at radius 3 is 2.46 bits per heavy atom. The Morgan fingerprint density at radius 2 is 1.81 bits per heavy atom. The summed E-state index contributed by atoms with van der Waals surface area (Å²) >= 11 is 0. The molecule has 2 bridgehead atoms. The van der Waals surface area contributed by atoms with E-state index < -0.39 is 28.6 Å². The molecule has 0 aromatic carbocycles. The number of hydrogen-bond acceptors (Lipinski definition) is 7. The number of hydrogen-bond donors (Lipinski definition) is 1. The third kappa shape index (κ3) is 1.72. The molecule has 0 unspecified atom stereocenters. The van der Waals surface area contributed by atoms with Crippen LogP contribution in [0.1, 0.15) is 43.8 Å². The fourth-order valence-electron chi connectivity index (χ4n) is 4.88. The molecule has 3 heterocycles. The highest BCUT2D eigenvalue weighted by Crippen LogP contribution is 2.68. The van der Waals surface area contributed by atoms with E-state index in [2.05, 4.69) is 23.2 Å². The van der Waals surface area contributed by atoms with Crippen molar-refractivity contribution in [2.24, 2.45) is 16.7 Å². The molecule has 3 aliphatic rings. The molecule has 0 amide bonds. The van der Waals surface area contributed by atoms with Crippen molar-refractivity contribution in [3.63, 3.8) is 0 Å². The topological polar surface area (TPSA) is 127 Å². The van der Waals surface area contributed by atoms with Gasteiger partial charge in [0.1, 0.15) is 6.10 Å². The summed E-state index contributed by atoms with van der Waals surface area (Å²) in [5.74, 6) is -1.95. The van der Waals surface area contributed by atoms with Crippen LogP contribution in [0.5, 0.6) is 0 Å². The third-order valence-corrected chi connectivity index (χ3v) is 6.08. The molecule has 4 atom stereocenters. The lowest BCUT2D eigenvalue weighted by Gasteiger charge is -2.49. The monoisotopic (exact) mass is 347 g/mol. The largest absolute Gasteiger partial charge is 0.447 e. The van der Waals surface area contributed by atoms with Crippen LogP contribution in [0.3, 0.4) is 0 Å². The van der Waals surface area contributed by atoms with Gasteiger partial charge in [-0.05, 0) is 30.5 Å². The number of nitrogens with zero attached hydrogens (tertiary/aromatic N) is 4. The van der Waals surface area contributed by atoms with E-state index in [1.165, 1.54) is 0 Å². The molecule has 1 aliphatic carbocycles. The van der Waals surface area contributed by atoms with Gasteiger partial charge in [-0.1, -0.05) is 12.8 Å². The van der Waals surface area contributed by atoms with Crippen LogP contribution in [-0.4, -0.2) is 16.7 Å². The normalized spacial score (nSPS) is 37.2. The first-order valence-corrected chi connectivity index (χ1v) is 8.70. The predicted octanol–water partition coefficient (Wildman–Crippen LogP) is 2.98. The molecule has 1 aromatic heterocycles. The van der Waals surface area contributed by atoms with Crippen molar-refractivity contribution >= 4 is 5.90 Å². The van der Waals surface area contributed by atoms with Crippen molar-refractivity contribution in [1.82, 2.24) is 4.98 Å². The Bertz CT molecular complexity index is 866. The lowest BCUT2D eigenvalue weighted by Crippen LogP contribution is -2.59. The highest BCUT2D eigenvalue weighted by Gasteiger charge is 2.80. The molecule has 2 saturated heterocycles. The minimum absolute atomic E-state index is 0.313. The van der Waals surface area contributed by atoms with Crippen LogP contribution < -0.4 is 0 Å². The van der Waals surface area contributed by atoms with Gasteiger partial charge in [0.15, 0.2) is 5.41 Å². The Hall–Kier alpha value is -2.95. The fourth-order valence-corrected chi connectivity index (χ4v) is 4.88. The second kappa shape index (κ2) is 5.53. The number of aromatic nitrogens is 1. The number of rotatable bonds is 1. The second-order valence-electron chi connectivity index (χ2n) is 7.12. The second-order valence-corrected chi connectivity index (χ2v) is 7.12. The molecule has 130 valence electrons. The van der Waals surface area contributed by atoms with Gasteiger partial charge >= 0.3 is 0 Å². The Kier molecular flexibility index (Phi) is 3.51. The SMILES string of the molecule is N#CC1(C#N)[C@H](c2ccncc2)O[C@@]23CCCCC[C@@H]2[C@@]1(C#N)C(=N)O3. The van der Waals surface area contributed by atoms with Gasteiger partial charge in [0.05, 0.1) is 24.1 Å². The van der Waals surface area contributed by atoms with E-state index in [9.17, 15) is 15.8 Å². The molecular formula is C19H17N5O2. The van der Waals surface area contributed by atoms with Crippen LogP contribution >= 0.6 is 0 Å². The number of pyridine rings is 1. The molecule has 3 fully saturated rings.